The van der Waals surface area contributed by atoms with E-state index in [-0.39, 0.29) is 24.3 Å². The summed E-state index contributed by atoms with van der Waals surface area (Å²) < 4.78 is 0. The van der Waals surface area contributed by atoms with E-state index in [9.17, 15) is 14.4 Å². The maximum absolute atomic E-state index is 12.7. The molecule has 176 valence electrons. The Morgan fingerprint density at radius 3 is 1.85 bits per heavy atom. The van der Waals surface area contributed by atoms with Crippen LogP contribution in [0.15, 0.2) is 48.5 Å². The number of nitrogens with zero attached hydrogens (tertiary/aromatic N) is 1. The molecule has 1 fully saturated rings. The molecule has 0 atom stereocenters. The van der Waals surface area contributed by atoms with Crippen LogP contribution in [-0.2, 0) is 9.59 Å². The van der Waals surface area contributed by atoms with Crippen LogP contribution in [-0.4, -0.2) is 42.3 Å². The molecule has 2 aromatic carbocycles. The third-order valence-corrected chi connectivity index (χ3v) is 5.52. The zero-order valence-electron chi connectivity index (χ0n) is 19.5. The summed E-state index contributed by atoms with van der Waals surface area (Å²) >= 11 is 0. The second kappa shape index (κ2) is 12.0. The van der Waals surface area contributed by atoms with E-state index in [1.165, 1.54) is 12.8 Å². The highest BCUT2D eigenvalue weighted by Gasteiger charge is 2.17. The summed E-state index contributed by atoms with van der Waals surface area (Å²) in [5.74, 6) is 0.167. The van der Waals surface area contributed by atoms with Gasteiger partial charge in [0, 0.05) is 42.1 Å². The van der Waals surface area contributed by atoms with E-state index >= 15 is 0 Å². The number of benzene rings is 2. The molecule has 3 rings (SSSR count). The van der Waals surface area contributed by atoms with E-state index in [0.29, 0.717) is 23.6 Å². The topological polar surface area (TPSA) is 90.5 Å². The van der Waals surface area contributed by atoms with Gasteiger partial charge in [0.1, 0.15) is 0 Å². The average Bonchev–Trinajstić information content (AvgIpc) is 3.08. The number of hydrogen-bond acceptors (Lipinski definition) is 4. The first-order valence-electron chi connectivity index (χ1n) is 11.7. The highest BCUT2D eigenvalue weighted by Crippen LogP contribution is 2.17. The van der Waals surface area contributed by atoms with Gasteiger partial charge in [0.25, 0.3) is 5.91 Å². The van der Waals surface area contributed by atoms with Crippen molar-refractivity contribution >= 4 is 34.8 Å². The first-order valence-corrected chi connectivity index (χ1v) is 11.7. The number of anilines is 3. The van der Waals surface area contributed by atoms with E-state index in [0.717, 1.165) is 37.3 Å². The van der Waals surface area contributed by atoms with Crippen molar-refractivity contribution in [2.24, 2.45) is 5.92 Å². The molecule has 1 aliphatic heterocycles. The van der Waals surface area contributed by atoms with Crippen LogP contribution in [0.3, 0.4) is 0 Å². The number of likely N-dealkylation sites (tertiary alicyclic amines) is 1. The predicted molar refractivity (Wildman–Crippen MR) is 132 cm³/mol. The summed E-state index contributed by atoms with van der Waals surface area (Å²) in [6, 6.07) is 14.3. The Kier molecular flexibility index (Phi) is 8.87. The monoisotopic (exact) mass is 450 g/mol. The summed E-state index contributed by atoms with van der Waals surface area (Å²) in [6.45, 7) is 5.74. The van der Waals surface area contributed by atoms with E-state index in [1.807, 2.05) is 30.9 Å². The molecule has 0 aromatic heterocycles. The van der Waals surface area contributed by atoms with Gasteiger partial charge in [-0.2, -0.15) is 0 Å². The van der Waals surface area contributed by atoms with E-state index in [4.69, 9.17) is 0 Å². The highest BCUT2D eigenvalue weighted by molar-refractivity contribution is 5.97. The summed E-state index contributed by atoms with van der Waals surface area (Å²) in [6.07, 6.45) is 4.96. The van der Waals surface area contributed by atoms with Crippen LogP contribution in [0.4, 0.5) is 17.1 Å². The Bertz CT molecular complexity index is 931. The van der Waals surface area contributed by atoms with E-state index < -0.39 is 0 Å². The lowest BCUT2D eigenvalue weighted by molar-refractivity contribution is -0.117. The maximum Gasteiger partial charge on any atom is 0.253 e. The summed E-state index contributed by atoms with van der Waals surface area (Å²) in [4.78, 5) is 38.8. The van der Waals surface area contributed by atoms with Crippen molar-refractivity contribution in [1.29, 1.82) is 0 Å². The molecule has 7 heteroatoms. The summed E-state index contributed by atoms with van der Waals surface area (Å²) in [5.41, 5.74) is 2.81. The second-order valence-corrected chi connectivity index (χ2v) is 8.91. The number of carbonyl (C=O) groups is 3. The first kappa shape index (κ1) is 24.3. The first-order chi connectivity index (χ1) is 15.9. The molecule has 7 nitrogen and oxygen atoms in total. The fraction of sp³-hybridized carbons (Fsp3) is 0.423. The van der Waals surface area contributed by atoms with Gasteiger partial charge in [-0.15, -0.1) is 0 Å². The summed E-state index contributed by atoms with van der Waals surface area (Å²) in [5, 5.41) is 8.77. The molecule has 0 aliphatic carbocycles. The van der Waals surface area contributed by atoms with Gasteiger partial charge in [0.15, 0.2) is 0 Å². The standard InChI is InChI=1S/C26H34N4O3/c1-19(2)17-24(31)28-23-13-11-21(12-14-23)27-18-25(32)29-22-9-7-20(8-10-22)26(33)30-15-5-3-4-6-16-30/h7-14,19,27H,3-6,15-18H2,1-2H3,(H,28,31)(H,29,32). The third kappa shape index (κ3) is 7.93. The lowest BCUT2D eigenvalue weighted by Gasteiger charge is -2.20. The summed E-state index contributed by atoms with van der Waals surface area (Å²) in [7, 11) is 0. The number of nitrogens with one attached hydrogen (secondary N) is 3. The van der Waals surface area contributed by atoms with Crippen molar-refractivity contribution in [2.75, 3.05) is 35.6 Å². The lowest BCUT2D eigenvalue weighted by Crippen LogP contribution is -2.31. The molecule has 3 amide bonds. The van der Waals surface area contributed by atoms with E-state index in [2.05, 4.69) is 16.0 Å². The fourth-order valence-corrected chi connectivity index (χ4v) is 3.79. The molecule has 0 bridgehead atoms. The van der Waals surface area contributed by atoms with Gasteiger partial charge in [-0.1, -0.05) is 26.7 Å². The average molecular weight is 451 g/mol. The van der Waals surface area contributed by atoms with Crippen molar-refractivity contribution < 1.29 is 14.4 Å². The van der Waals surface area contributed by atoms with Crippen LogP contribution < -0.4 is 16.0 Å². The normalized spacial score (nSPS) is 13.8. The van der Waals surface area contributed by atoms with Gasteiger partial charge < -0.3 is 20.9 Å². The number of amides is 3. The van der Waals surface area contributed by atoms with Gasteiger partial charge in [0.2, 0.25) is 11.8 Å². The Morgan fingerprint density at radius 1 is 0.758 bits per heavy atom. The van der Waals surface area contributed by atoms with Crippen LogP contribution in [0, 0.1) is 5.92 Å². The minimum Gasteiger partial charge on any atom is -0.376 e. The molecule has 0 radical (unpaired) electrons. The molecule has 0 saturated carbocycles. The Hall–Kier alpha value is -3.35. The Labute approximate surface area is 195 Å². The number of rotatable bonds is 8. The van der Waals surface area contributed by atoms with Crippen molar-refractivity contribution in [3.63, 3.8) is 0 Å². The van der Waals surface area contributed by atoms with Crippen LogP contribution in [0.5, 0.6) is 0 Å². The van der Waals surface area contributed by atoms with Gasteiger partial charge in [-0.3, -0.25) is 14.4 Å². The van der Waals surface area contributed by atoms with Crippen molar-refractivity contribution in [1.82, 2.24) is 4.90 Å². The number of carbonyl (C=O) groups excluding carboxylic acids is 3. The van der Waals surface area contributed by atoms with Crippen LogP contribution in [0.25, 0.3) is 0 Å². The third-order valence-electron chi connectivity index (χ3n) is 5.52. The molecular formula is C26H34N4O3. The van der Waals surface area contributed by atoms with Gasteiger partial charge in [-0.05, 0) is 67.3 Å². The maximum atomic E-state index is 12.7. The molecule has 0 spiro atoms. The molecular weight excluding hydrogens is 416 g/mol. The number of hydrogen-bond donors (Lipinski definition) is 3. The van der Waals surface area contributed by atoms with Crippen molar-refractivity contribution in [2.45, 2.75) is 46.0 Å². The van der Waals surface area contributed by atoms with Crippen molar-refractivity contribution in [3.05, 3.63) is 54.1 Å². The quantitative estimate of drug-likeness (QED) is 0.542. The highest BCUT2D eigenvalue weighted by atomic mass is 16.2. The molecule has 3 N–H and O–H groups in total. The smallest absolute Gasteiger partial charge is 0.253 e. The van der Waals surface area contributed by atoms with Crippen LogP contribution >= 0.6 is 0 Å². The Morgan fingerprint density at radius 2 is 1.27 bits per heavy atom. The van der Waals surface area contributed by atoms with Crippen LogP contribution in [0.1, 0.15) is 56.3 Å². The van der Waals surface area contributed by atoms with Crippen LogP contribution in [0.2, 0.25) is 0 Å². The van der Waals surface area contributed by atoms with Gasteiger partial charge in [-0.25, -0.2) is 0 Å². The van der Waals surface area contributed by atoms with Gasteiger partial charge in [0.05, 0.1) is 6.54 Å². The van der Waals surface area contributed by atoms with Crippen molar-refractivity contribution in [3.8, 4) is 0 Å². The fourth-order valence-electron chi connectivity index (χ4n) is 3.79. The minimum atomic E-state index is -0.184. The molecule has 1 aliphatic rings. The second-order valence-electron chi connectivity index (χ2n) is 8.91. The lowest BCUT2D eigenvalue weighted by atomic mass is 10.1. The molecule has 1 heterocycles. The van der Waals surface area contributed by atoms with Gasteiger partial charge >= 0.3 is 0 Å². The Balaban J connectivity index is 1.45. The largest absolute Gasteiger partial charge is 0.376 e. The van der Waals surface area contributed by atoms with E-state index in [1.54, 1.807) is 36.4 Å². The zero-order chi connectivity index (χ0) is 23.6. The molecule has 1 saturated heterocycles. The minimum absolute atomic E-state index is 0.00997. The molecule has 0 unspecified atom stereocenters. The zero-order valence-corrected chi connectivity index (χ0v) is 19.5. The predicted octanol–water partition coefficient (Wildman–Crippen LogP) is 4.74. The molecule has 33 heavy (non-hydrogen) atoms. The SMILES string of the molecule is CC(C)CC(=O)Nc1ccc(NCC(=O)Nc2ccc(C(=O)N3CCCCCC3)cc2)cc1. The molecule has 2 aromatic rings.